The molecule has 1 aromatic carbocycles. The number of primary amides is 1. The number of nitrogens with one attached hydrogen (secondary N) is 3. The zero-order valence-electron chi connectivity index (χ0n) is 19.6. The highest BCUT2D eigenvalue weighted by Crippen LogP contribution is 2.36. The van der Waals surface area contributed by atoms with E-state index in [9.17, 15) is 19.2 Å². The van der Waals surface area contributed by atoms with Gasteiger partial charge in [-0.2, -0.15) is 0 Å². The molecule has 2 aliphatic heterocycles. The fourth-order valence-electron chi connectivity index (χ4n) is 4.96. The van der Waals surface area contributed by atoms with E-state index in [1.54, 1.807) is 13.2 Å². The molecule has 5 N–H and O–H groups in total. The summed E-state index contributed by atoms with van der Waals surface area (Å²) in [6, 6.07) is 5.46. The largest absolute Gasteiger partial charge is 0.496 e. The molecule has 34 heavy (non-hydrogen) atoms. The zero-order chi connectivity index (χ0) is 24.6. The van der Waals surface area contributed by atoms with E-state index in [2.05, 4.69) is 15.6 Å². The highest BCUT2D eigenvalue weighted by atomic mass is 16.5. The lowest BCUT2D eigenvalue weighted by Crippen LogP contribution is -2.53. The average Bonchev–Trinajstić information content (AvgIpc) is 3.48. The lowest BCUT2D eigenvalue weighted by molar-refractivity contribution is -0.131. The van der Waals surface area contributed by atoms with Gasteiger partial charge in [0.05, 0.1) is 7.11 Å². The Labute approximate surface area is 197 Å². The minimum Gasteiger partial charge on any atom is -0.496 e. The van der Waals surface area contributed by atoms with Crippen molar-refractivity contribution >= 4 is 34.5 Å². The molecule has 0 aliphatic carbocycles. The van der Waals surface area contributed by atoms with Crippen LogP contribution in [0.3, 0.4) is 0 Å². The number of carbonyl (C=O) groups excluding carboxylic acids is 4. The molecule has 1 aromatic heterocycles. The van der Waals surface area contributed by atoms with Crippen LogP contribution in [0.2, 0.25) is 0 Å². The smallest absolute Gasteiger partial charge is 0.271 e. The monoisotopic (exact) mass is 469 g/mol. The maximum absolute atomic E-state index is 13.5. The van der Waals surface area contributed by atoms with Crippen LogP contribution in [0.25, 0.3) is 10.9 Å². The number of H-pyrrole nitrogens is 1. The molecule has 2 aliphatic rings. The zero-order valence-corrected chi connectivity index (χ0v) is 19.6. The van der Waals surface area contributed by atoms with Gasteiger partial charge in [0.15, 0.2) is 0 Å². The first kappa shape index (κ1) is 23.6. The highest BCUT2D eigenvalue weighted by molar-refractivity contribution is 6.02. The number of fused-ring (bicyclic) bond motifs is 1. The van der Waals surface area contributed by atoms with Crippen LogP contribution in [-0.2, 0) is 14.4 Å². The van der Waals surface area contributed by atoms with Crippen molar-refractivity contribution in [1.82, 2.24) is 20.5 Å². The Morgan fingerprint density at radius 2 is 2.09 bits per heavy atom. The maximum Gasteiger partial charge on any atom is 0.271 e. The van der Waals surface area contributed by atoms with Gasteiger partial charge in [-0.05, 0) is 42.9 Å². The summed E-state index contributed by atoms with van der Waals surface area (Å²) < 4.78 is 5.39. The molecular formula is C24H31N5O5. The Balaban J connectivity index is 1.55. The van der Waals surface area contributed by atoms with Crippen LogP contribution >= 0.6 is 0 Å². The van der Waals surface area contributed by atoms with Crippen LogP contribution in [-0.4, -0.2) is 65.8 Å². The Morgan fingerprint density at radius 1 is 1.32 bits per heavy atom. The number of nitrogens with zero attached hydrogens (tertiary/aromatic N) is 1. The number of benzene rings is 1. The first-order valence-electron chi connectivity index (χ1n) is 11.4. The van der Waals surface area contributed by atoms with Crippen LogP contribution < -0.4 is 21.1 Å². The van der Waals surface area contributed by atoms with E-state index in [1.807, 2.05) is 32.0 Å². The number of methoxy groups -OCH3 is 1. The second kappa shape index (κ2) is 9.00. The summed E-state index contributed by atoms with van der Waals surface area (Å²) in [6.45, 7) is 4.90. The molecule has 0 bridgehead atoms. The topological polar surface area (TPSA) is 147 Å². The van der Waals surface area contributed by atoms with Crippen LogP contribution in [0.4, 0.5) is 0 Å². The first-order chi connectivity index (χ1) is 16.1. The number of aromatic nitrogens is 1. The summed E-state index contributed by atoms with van der Waals surface area (Å²) in [5.74, 6) is -1.34. The first-order valence-corrected chi connectivity index (χ1v) is 11.4. The molecule has 10 heteroatoms. The second-order valence-electron chi connectivity index (χ2n) is 9.90. The van der Waals surface area contributed by atoms with Crippen LogP contribution in [0.5, 0.6) is 5.75 Å². The van der Waals surface area contributed by atoms with Gasteiger partial charge >= 0.3 is 0 Å². The van der Waals surface area contributed by atoms with Crippen molar-refractivity contribution in [2.45, 2.75) is 45.2 Å². The number of likely N-dealkylation sites (tertiary alicyclic amines) is 1. The van der Waals surface area contributed by atoms with Gasteiger partial charge in [0, 0.05) is 29.9 Å². The van der Waals surface area contributed by atoms with Crippen LogP contribution in [0.15, 0.2) is 24.3 Å². The molecule has 1 unspecified atom stereocenters. The van der Waals surface area contributed by atoms with E-state index in [-0.39, 0.29) is 29.6 Å². The van der Waals surface area contributed by atoms with Gasteiger partial charge in [-0.15, -0.1) is 0 Å². The molecule has 3 heterocycles. The van der Waals surface area contributed by atoms with Crippen LogP contribution in [0, 0.1) is 11.3 Å². The Morgan fingerprint density at radius 3 is 2.74 bits per heavy atom. The third kappa shape index (κ3) is 4.57. The van der Waals surface area contributed by atoms with Crippen molar-refractivity contribution in [2.75, 3.05) is 20.2 Å². The number of nitrogens with two attached hydrogens (primary N) is 1. The molecule has 0 spiro atoms. The molecule has 2 saturated heterocycles. The fourth-order valence-corrected chi connectivity index (χ4v) is 4.96. The van der Waals surface area contributed by atoms with Crippen LogP contribution in [0.1, 0.15) is 43.6 Å². The molecule has 0 radical (unpaired) electrons. The minimum atomic E-state index is -0.987. The Hall–Kier alpha value is -3.56. The number of rotatable bonds is 7. The van der Waals surface area contributed by atoms with Crippen molar-refractivity contribution in [3.63, 3.8) is 0 Å². The third-order valence-electron chi connectivity index (χ3n) is 6.70. The predicted octanol–water partition coefficient (Wildman–Crippen LogP) is 0.914. The number of carbonyl (C=O) groups is 4. The van der Waals surface area contributed by atoms with Gasteiger partial charge in [0.1, 0.15) is 23.5 Å². The second-order valence-corrected chi connectivity index (χ2v) is 9.90. The molecule has 2 aromatic rings. The normalized spacial score (nSPS) is 22.4. The van der Waals surface area contributed by atoms with Gasteiger partial charge in [0.2, 0.25) is 17.7 Å². The SMILES string of the molecule is COc1cccc2[nH]c(C(=O)N3CC(C)(C)C[C@H]3C(=O)NC(C[C@@H]3CCNC3=O)C(N)=O)cc12. The Bertz CT molecular complexity index is 1140. The van der Waals surface area contributed by atoms with E-state index in [0.29, 0.717) is 37.4 Å². The molecule has 4 rings (SSSR count). The predicted molar refractivity (Wildman–Crippen MR) is 125 cm³/mol. The van der Waals surface area contributed by atoms with Crippen molar-refractivity contribution < 1.29 is 23.9 Å². The number of hydrogen-bond acceptors (Lipinski definition) is 5. The van der Waals surface area contributed by atoms with E-state index < -0.39 is 23.9 Å². The van der Waals surface area contributed by atoms with Gasteiger partial charge in [-0.1, -0.05) is 19.9 Å². The van der Waals surface area contributed by atoms with E-state index >= 15 is 0 Å². The molecule has 3 atom stereocenters. The molecular weight excluding hydrogens is 438 g/mol. The van der Waals surface area contributed by atoms with Crippen molar-refractivity contribution in [1.29, 1.82) is 0 Å². The van der Waals surface area contributed by atoms with E-state index in [4.69, 9.17) is 10.5 Å². The third-order valence-corrected chi connectivity index (χ3v) is 6.70. The number of ether oxygens (including phenoxy) is 1. The summed E-state index contributed by atoms with van der Waals surface area (Å²) >= 11 is 0. The van der Waals surface area contributed by atoms with Crippen molar-refractivity contribution in [2.24, 2.45) is 17.1 Å². The summed E-state index contributed by atoms with van der Waals surface area (Å²) in [7, 11) is 1.57. The van der Waals surface area contributed by atoms with Gasteiger partial charge in [0.25, 0.3) is 5.91 Å². The molecule has 0 saturated carbocycles. The Kier molecular flexibility index (Phi) is 6.24. The molecule has 10 nitrogen and oxygen atoms in total. The fraction of sp³-hybridized carbons (Fsp3) is 0.500. The van der Waals surface area contributed by atoms with E-state index in [0.717, 1.165) is 10.9 Å². The summed E-state index contributed by atoms with van der Waals surface area (Å²) in [4.78, 5) is 55.4. The van der Waals surface area contributed by atoms with Gasteiger partial charge < -0.3 is 31.0 Å². The number of amides is 4. The van der Waals surface area contributed by atoms with Gasteiger partial charge in [-0.3, -0.25) is 19.2 Å². The van der Waals surface area contributed by atoms with Gasteiger partial charge in [-0.25, -0.2) is 0 Å². The quantitative estimate of drug-likeness (QED) is 0.476. The maximum atomic E-state index is 13.5. The summed E-state index contributed by atoms with van der Waals surface area (Å²) in [5, 5.41) is 6.20. The summed E-state index contributed by atoms with van der Waals surface area (Å²) in [6.07, 6.45) is 1.16. The highest BCUT2D eigenvalue weighted by Gasteiger charge is 2.45. The molecule has 4 amide bonds. The average molecular weight is 470 g/mol. The molecule has 182 valence electrons. The molecule has 2 fully saturated rings. The van der Waals surface area contributed by atoms with Crippen molar-refractivity contribution in [3.8, 4) is 5.75 Å². The lowest BCUT2D eigenvalue weighted by atomic mass is 9.90. The van der Waals surface area contributed by atoms with E-state index in [1.165, 1.54) is 4.90 Å². The number of hydrogen-bond donors (Lipinski definition) is 4. The lowest BCUT2D eigenvalue weighted by Gasteiger charge is -2.26. The standard InChI is InChI=1S/C24H31N5O5/c1-24(2)11-18(22(32)28-16(20(25)30)9-13-7-8-26-21(13)31)29(12-24)23(33)17-10-14-15(27-17)5-4-6-19(14)34-3/h4-6,10,13,16,18,27H,7-9,11-12H2,1-3H3,(H2,25,30)(H,26,31)(H,28,32)/t13-,16?,18-/m0/s1. The summed E-state index contributed by atoms with van der Waals surface area (Å²) in [5.41, 5.74) is 6.34. The minimum absolute atomic E-state index is 0.138. The van der Waals surface area contributed by atoms with Crippen molar-refractivity contribution in [3.05, 3.63) is 30.0 Å². The number of aromatic amines is 1.